The normalized spacial score (nSPS) is 19.1. The van der Waals surface area contributed by atoms with Crippen molar-refractivity contribution in [2.45, 2.75) is 31.1 Å². The number of hydrogen-bond donors (Lipinski definition) is 0. The van der Waals surface area contributed by atoms with Crippen molar-refractivity contribution in [3.8, 4) is 11.9 Å². The van der Waals surface area contributed by atoms with Gasteiger partial charge in [0, 0.05) is 44.1 Å². The van der Waals surface area contributed by atoms with Crippen LogP contribution in [0.1, 0.15) is 41.6 Å². The fourth-order valence-corrected chi connectivity index (χ4v) is 4.23. The standard InChI is InChI=1S/C24H27N3O3/c25-18-24(21-4-2-1-3-5-21)9-12-27(13-10-24)23(28)20-6-11-26-22(16-20)30-17-19-7-14-29-15-8-19/h1-6,11,16,19H,7-10,12-15,17H2. The van der Waals surface area contributed by atoms with Crippen LogP contribution in [-0.4, -0.2) is 48.7 Å². The molecular weight excluding hydrogens is 378 g/mol. The van der Waals surface area contributed by atoms with Gasteiger partial charge < -0.3 is 14.4 Å². The van der Waals surface area contributed by atoms with Gasteiger partial charge in [0.25, 0.3) is 5.91 Å². The molecule has 0 unspecified atom stereocenters. The van der Waals surface area contributed by atoms with Gasteiger partial charge in [0.05, 0.1) is 18.1 Å². The highest BCUT2D eigenvalue weighted by molar-refractivity contribution is 5.94. The molecule has 3 heterocycles. The lowest BCUT2D eigenvalue weighted by Gasteiger charge is -2.37. The van der Waals surface area contributed by atoms with Crippen molar-refractivity contribution < 1.29 is 14.3 Å². The number of aromatic nitrogens is 1. The van der Waals surface area contributed by atoms with E-state index in [1.165, 1.54) is 0 Å². The maximum absolute atomic E-state index is 13.0. The quantitative estimate of drug-likeness (QED) is 0.760. The third-order valence-electron chi connectivity index (χ3n) is 6.23. The topological polar surface area (TPSA) is 75.5 Å². The van der Waals surface area contributed by atoms with E-state index < -0.39 is 5.41 Å². The monoisotopic (exact) mass is 405 g/mol. The zero-order valence-electron chi connectivity index (χ0n) is 17.1. The number of carbonyl (C=O) groups excluding carboxylic acids is 1. The van der Waals surface area contributed by atoms with Gasteiger partial charge in [0.2, 0.25) is 5.88 Å². The van der Waals surface area contributed by atoms with Crippen molar-refractivity contribution in [2.24, 2.45) is 5.92 Å². The Morgan fingerprint density at radius 2 is 1.93 bits per heavy atom. The molecule has 2 saturated heterocycles. The third kappa shape index (κ3) is 4.47. The van der Waals surface area contributed by atoms with Crippen molar-refractivity contribution >= 4 is 5.91 Å². The molecule has 30 heavy (non-hydrogen) atoms. The highest BCUT2D eigenvalue weighted by Gasteiger charge is 2.37. The smallest absolute Gasteiger partial charge is 0.254 e. The number of nitriles is 1. The Hall–Kier alpha value is -2.91. The van der Waals surface area contributed by atoms with Gasteiger partial charge in [-0.15, -0.1) is 0 Å². The van der Waals surface area contributed by atoms with E-state index in [0.29, 0.717) is 49.9 Å². The van der Waals surface area contributed by atoms with Gasteiger partial charge in [0.15, 0.2) is 0 Å². The number of benzene rings is 1. The minimum Gasteiger partial charge on any atom is -0.477 e. The molecule has 1 amide bonds. The molecule has 0 saturated carbocycles. The second-order valence-corrected chi connectivity index (χ2v) is 8.10. The summed E-state index contributed by atoms with van der Waals surface area (Å²) < 4.78 is 11.2. The first kappa shape index (κ1) is 20.4. The van der Waals surface area contributed by atoms with Gasteiger partial charge in [-0.2, -0.15) is 5.26 Å². The molecule has 0 spiro atoms. The number of hydrogen-bond acceptors (Lipinski definition) is 5. The van der Waals surface area contributed by atoms with E-state index >= 15 is 0 Å². The Morgan fingerprint density at radius 3 is 2.63 bits per heavy atom. The van der Waals surface area contributed by atoms with E-state index in [1.54, 1.807) is 18.3 Å². The third-order valence-corrected chi connectivity index (χ3v) is 6.23. The first-order valence-electron chi connectivity index (χ1n) is 10.6. The first-order chi connectivity index (χ1) is 14.7. The highest BCUT2D eigenvalue weighted by atomic mass is 16.5. The predicted octanol–water partition coefficient (Wildman–Crippen LogP) is 3.58. The van der Waals surface area contributed by atoms with Gasteiger partial charge >= 0.3 is 0 Å². The van der Waals surface area contributed by atoms with E-state index in [9.17, 15) is 10.1 Å². The van der Waals surface area contributed by atoms with E-state index in [-0.39, 0.29) is 5.91 Å². The highest BCUT2D eigenvalue weighted by Crippen LogP contribution is 2.35. The SMILES string of the molecule is N#CC1(c2ccccc2)CCN(C(=O)c2ccnc(OCC3CCOCC3)c2)CC1. The van der Waals surface area contributed by atoms with E-state index in [0.717, 1.165) is 31.6 Å². The molecule has 4 rings (SSSR count). The Morgan fingerprint density at radius 1 is 1.20 bits per heavy atom. The maximum Gasteiger partial charge on any atom is 0.254 e. The van der Waals surface area contributed by atoms with Gasteiger partial charge in [-0.3, -0.25) is 4.79 Å². The summed E-state index contributed by atoms with van der Waals surface area (Å²) >= 11 is 0. The number of carbonyl (C=O) groups is 1. The summed E-state index contributed by atoms with van der Waals surface area (Å²) in [6, 6.07) is 15.9. The van der Waals surface area contributed by atoms with E-state index in [4.69, 9.17) is 9.47 Å². The van der Waals surface area contributed by atoms with E-state index in [2.05, 4.69) is 11.1 Å². The molecule has 2 aromatic rings. The number of nitrogens with zero attached hydrogens (tertiary/aromatic N) is 3. The van der Waals surface area contributed by atoms with Crippen LogP contribution in [0.4, 0.5) is 0 Å². The molecule has 0 N–H and O–H groups in total. The summed E-state index contributed by atoms with van der Waals surface area (Å²) in [6.07, 6.45) is 4.89. The lowest BCUT2D eigenvalue weighted by molar-refractivity contribution is 0.0490. The Balaban J connectivity index is 1.37. The molecule has 2 aliphatic heterocycles. The van der Waals surface area contributed by atoms with Crippen molar-refractivity contribution in [3.05, 3.63) is 59.8 Å². The van der Waals surface area contributed by atoms with Gasteiger partial charge in [-0.1, -0.05) is 30.3 Å². The van der Waals surface area contributed by atoms with Crippen molar-refractivity contribution in [1.29, 1.82) is 5.26 Å². The van der Waals surface area contributed by atoms with Crippen molar-refractivity contribution in [1.82, 2.24) is 9.88 Å². The predicted molar refractivity (Wildman–Crippen MR) is 112 cm³/mol. The number of rotatable bonds is 5. The second kappa shape index (κ2) is 9.27. The molecule has 2 fully saturated rings. The Kier molecular flexibility index (Phi) is 6.29. The van der Waals surface area contributed by atoms with Crippen LogP contribution >= 0.6 is 0 Å². The molecule has 6 nitrogen and oxygen atoms in total. The van der Waals surface area contributed by atoms with Gasteiger partial charge in [-0.05, 0) is 43.2 Å². The summed E-state index contributed by atoms with van der Waals surface area (Å²) in [5.41, 5.74) is 1.09. The Bertz CT molecular complexity index is 895. The molecule has 0 radical (unpaired) electrons. The van der Waals surface area contributed by atoms with Gasteiger partial charge in [0.1, 0.15) is 0 Å². The second-order valence-electron chi connectivity index (χ2n) is 8.10. The van der Waals surface area contributed by atoms with Gasteiger partial charge in [-0.25, -0.2) is 4.98 Å². The molecule has 156 valence electrons. The van der Waals surface area contributed by atoms with Crippen LogP contribution in [0.15, 0.2) is 48.7 Å². The summed E-state index contributed by atoms with van der Waals surface area (Å²) in [5.74, 6) is 0.923. The molecule has 0 atom stereocenters. The average molecular weight is 405 g/mol. The molecule has 0 aliphatic carbocycles. The molecule has 6 heteroatoms. The maximum atomic E-state index is 13.0. The molecular formula is C24H27N3O3. The lowest BCUT2D eigenvalue weighted by atomic mass is 9.74. The number of pyridine rings is 1. The average Bonchev–Trinajstić information content (AvgIpc) is 2.84. The number of amides is 1. The van der Waals surface area contributed by atoms with Crippen LogP contribution in [0.3, 0.4) is 0 Å². The number of likely N-dealkylation sites (tertiary alicyclic amines) is 1. The zero-order chi connectivity index (χ0) is 20.8. The van der Waals surface area contributed by atoms with Crippen LogP contribution < -0.4 is 4.74 Å². The minimum absolute atomic E-state index is 0.0343. The van der Waals surface area contributed by atoms with Crippen LogP contribution in [0.5, 0.6) is 5.88 Å². The number of ether oxygens (including phenoxy) is 2. The van der Waals surface area contributed by atoms with Crippen LogP contribution in [0.25, 0.3) is 0 Å². The summed E-state index contributed by atoms with van der Waals surface area (Å²) in [5, 5.41) is 9.85. The van der Waals surface area contributed by atoms with Crippen LogP contribution in [-0.2, 0) is 10.2 Å². The Labute approximate surface area is 177 Å². The largest absolute Gasteiger partial charge is 0.477 e. The fourth-order valence-electron chi connectivity index (χ4n) is 4.23. The summed E-state index contributed by atoms with van der Waals surface area (Å²) in [6.45, 7) is 3.27. The zero-order valence-corrected chi connectivity index (χ0v) is 17.1. The molecule has 0 bridgehead atoms. The molecule has 1 aromatic heterocycles. The minimum atomic E-state index is -0.520. The summed E-state index contributed by atoms with van der Waals surface area (Å²) in [4.78, 5) is 19.1. The lowest BCUT2D eigenvalue weighted by Crippen LogP contribution is -2.44. The molecule has 2 aliphatic rings. The first-order valence-corrected chi connectivity index (χ1v) is 10.6. The van der Waals surface area contributed by atoms with Crippen LogP contribution in [0.2, 0.25) is 0 Å². The van der Waals surface area contributed by atoms with E-state index in [1.807, 2.05) is 35.2 Å². The molecule has 1 aromatic carbocycles. The number of piperidine rings is 1. The van der Waals surface area contributed by atoms with Crippen LogP contribution in [0, 0.1) is 17.2 Å². The van der Waals surface area contributed by atoms with Crippen molar-refractivity contribution in [3.63, 3.8) is 0 Å². The fraction of sp³-hybridized carbons (Fsp3) is 0.458. The summed E-state index contributed by atoms with van der Waals surface area (Å²) in [7, 11) is 0. The van der Waals surface area contributed by atoms with Crippen molar-refractivity contribution in [2.75, 3.05) is 32.9 Å².